The molecule has 1 saturated carbocycles. The molecule has 6 nitrogen and oxygen atoms in total. The Morgan fingerprint density at radius 2 is 2.16 bits per heavy atom. The molecular weight excluding hydrogens is 420 g/mol. The van der Waals surface area contributed by atoms with Crippen LogP contribution in [0.25, 0.3) is 11.5 Å². The predicted molar refractivity (Wildman–Crippen MR) is 115 cm³/mol. The van der Waals surface area contributed by atoms with Gasteiger partial charge in [0.25, 0.3) is 0 Å². The lowest BCUT2D eigenvalue weighted by Gasteiger charge is -2.16. The third-order valence-electron chi connectivity index (χ3n) is 6.64. The largest absolute Gasteiger partial charge is 0.441 e. The average molecular weight is 446 g/mol. The van der Waals surface area contributed by atoms with Crippen LogP contribution in [0.4, 0.5) is 8.78 Å². The van der Waals surface area contributed by atoms with Crippen LogP contribution in [0.3, 0.4) is 0 Å². The van der Waals surface area contributed by atoms with Crippen molar-refractivity contribution in [3.63, 3.8) is 0 Å². The minimum absolute atomic E-state index is 0.179. The summed E-state index contributed by atoms with van der Waals surface area (Å²) in [6, 6.07) is 4.00. The molecule has 3 aromatic rings. The first-order chi connectivity index (χ1) is 15.0. The van der Waals surface area contributed by atoms with Crippen LogP contribution in [0.2, 0.25) is 0 Å². The zero-order valence-corrected chi connectivity index (χ0v) is 18.5. The highest BCUT2D eigenvalue weighted by atomic mass is 32.2. The molecule has 1 aliphatic carbocycles. The number of rotatable bonds is 7. The fourth-order valence-corrected chi connectivity index (χ4v) is 5.61. The molecule has 2 atom stereocenters. The number of aromatic nitrogens is 4. The topological polar surface area (TPSA) is 60.0 Å². The Bertz CT molecular complexity index is 1100. The summed E-state index contributed by atoms with van der Waals surface area (Å²) in [6.45, 7) is 6.92. The van der Waals surface area contributed by atoms with E-state index < -0.39 is 11.6 Å². The molecule has 2 fully saturated rings. The van der Waals surface area contributed by atoms with E-state index in [0.717, 1.165) is 67.8 Å². The van der Waals surface area contributed by atoms with E-state index >= 15 is 0 Å². The second-order valence-corrected chi connectivity index (χ2v) is 9.67. The summed E-state index contributed by atoms with van der Waals surface area (Å²) < 4.78 is 34.6. The third kappa shape index (κ3) is 3.89. The van der Waals surface area contributed by atoms with Crippen LogP contribution >= 0.6 is 11.9 Å². The molecular formula is C22H25F2N5OS. The minimum Gasteiger partial charge on any atom is -0.441 e. The maximum absolute atomic E-state index is 14.2. The lowest BCUT2D eigenvalue weighted by molar-refractivity contribution is 0.319. The quantitative estimate of drug-likeness (QED) is 0.496. The van der Waals surface area contributed by atoms with Gasteiger partial charge in [-0.2, -0.15) is 4.09 Å². The van der Waals surface area contributed by atoms with Gasteiger partial charge >= 0.3 is 0 Å². The van der Waals surface area contributed by atoms with Crippen molar-refractivity contribution in [1.82, 2.24) is 24.3 Å². The van der Waals surface area contributed by atoms with E-state index in [2.05, 4.69) is 20.2 Å². The van der Waals surface area contributed by atoms with Crippen LogP contribution in [0.1, 0.15) is 42.1 Å². The van der Waals surface area contributed by atoms with Crippen LogP contribution < -0.4 is 0 Å². The summed E-state index contributed by atoms with van der Waals surface area (Å²) in [5.41, 5.74) is 3.35. The summed E-state index contributed by atoms with van der Waals surface area (Å²) in [5, 5.41) is 8.49. The second-order valence-electron chi connectivity index (χ2n) is 8.66. The normalized spacial score (nSPS) is 23.2. The second kappa shape index (κ2) is 8.02. The summed E-state index contributed by atoms with van der Waals surface area (Å²) in [4.78, 5) is 6.59. The molecule has 0 N–H and O–H groups in total. The van der Waals surface area contributed by atoms with E-state index in [0.29, 0.717) is 11.3 Å². The van der Waals surface area contributed by atoms with E-state index in [1.807, 2.05) is 17.9 Å². The van der Waals surface area contributed by atoms with E-state index in [4.69, 9.17) is 4.42 Å². The SMILES string of the molecule is Cc1ncoc1-c1nnn(SCCCN2CC[C@]3(C[C@@H]3c3ccc(F)cc3F)C2)c1C. The number of likely N-dealkylation sites (tertiary alicyclic amines) is 1. The number of hydrogen-bond donors (Lipinski definition) is 0. The van der Waals surface area contributed by atoms with Crippen molar-refractivity contribution >= 4 is 11.9 Å². The number of halogens is 2. The Hall–Kier alpha value is -2.26. The molecule has 1 aliphatic heterocycles. The molecule has 0 unspecified atom stereocenters. The summed E-state index contributed by atoms with van der Waals surface area (Å²) >= 11 is 1.64. The van der Waals surface area contributed by atoms with Crippen molar-refractivity contribution in [2.24, 2.45) is 5.41 Å². The summed E-state index contributed by atoms with van der Waals surface area (Å²) in [7, 11) is 0. The fourth-order valence-electron chi connectivity index (χ4n) is 4.81. The highest BCUT2D eigenvalue weighted by molar-refractivity contribution is 7.97. The van der Waals surface area contributed by atoms with E-state index in [1.54, 1.807) is 18.0 Å². The number of benzene rings is 1. The van der Waals surface area contributed by atoms with Gasteiger partial charge in [-0.25, -0.2) is 13.8 Å². The molecule has 0 amide bonds. The fraction of sp³-hybridized carbons (Fsp3) is 0.500. The van der Waals surface area contributed by atoms with Crippen molar-refractivity contribution in [1.29, 1.82) is 0 Å². The highest BCUT2D eigenvalue weighted by Gasteiger charge is 2.58. The lowest BCUT2D eigenvalue weighted by Crippen LogP contribution is -2.23. The smallest absolute Gasteiger partial charge is 0.181 e. The van der Waals surface area contributed by atoms with Gasteiger partial charge in [0, 0.05) is 18.4 Å². The summed E-state index contributed by atoms with van der Waals surface area (Å²) in [5.74, 6) is 0.914. The number of nitrogens with zero attached hydrogens (tertiary/aromatic N) is 5. The van der Waals surface area contributed by atoms with Gasteiger partial charge in [-0.1, -0.05) is 11.3 Å². The molecule has 0 bridgehead atoms. The van der Waals surface area contributed by atoms with Gasteiger partial charge in [0.2, 0.25) is 0 Å². The van der Waals surface area contributed by atoms with Gasteiger partial charge in [0.15, 0.2) is 17.8 Å². The van der Waals surface area contributed by atoms with E-state index in [-0.39, 0.29) is 11.3 Å². The molecule has 1 saturated heterocycles. The monoisotopic (exact) mass is 445 g/mol. The Morgan fingerprint density at radius 1 is 1.29 bits per heavy atom. The van der Waals surface area contributed by atoms with Crippen LogP contribution in [-0.4, -0.2) is 49.7 Å². The molecule has 1 aromatic carbocycles. The maximum Gasteiger partial charge on any atom is 0.181 e. The predicted octanol–water partition coefficient (Wildman–Crippen LogP) is 4.59. The van der Waals surface area contributed by atoms with Crippen molar-refractivity contribution in [3.8, 4) is 11.5 Å². The first kappa shape index (κ1) is 20.6. The zero-order valence-electron chi connectivity index (χ0n) is 17.6. The van der Waals surface area contributed by atoms with Gasteiger partial charge in [-0.3, -0.25) is 0 Å². The number of hydrogen-bond acceptors (Lipinski definition) is 6. The molecule has 31 heavy (non-hydrogen) atoms. The summed E-state index contributed by atoms with van der Waals surface area (Å²) in [6.07, 6.45) is 4.55. The van der Waals surface area contributed by atoms with Crippen LogP contribution in [-0.2, 0) is 0 Å². The molecule has 5 rings (SSSR count). The Balaban J connectivity index is 1.11. The Labute approximate surface area is 184 Å². The Morgan fingerprint density at radius 3 is 2.94 bits per heavy atom. The van der Waals surface area contributed by atoms with Crippen molar-refractivity contribution < 1.29 is 13.2 Å². The molecule has 9 heteroatoms. The zero-order chi connectivity index (χ0) is 21.6. The van der Waals surface area contributed by atoms with Crippen LogP contribution in [0.15, 0.2) is 29.0 Å². The maximum atomic E-state index is 14.2. The number of aryl methyl sites for hydroxylation is 1. The van der Waals surface area contributed by atoms with Crippen molar-refractivity contribution in [2.75, 3.05) is 25.4 Å². The van der Waals surface area contributed by atoms with E-state index in [1.165, 1.54) is 12.5 Å². The number of oxazole rings is 1. The minimum atomic E-state index is -0.507. The first-order valence-corrected chi connectivity index (χ1v) is 11.5. The van der Waals surface area contributed by atoms with Gasteiger partial charge in [-0.05, 0) is 81.1 Å². The van der Waals surface area contributed by atoms with Crippen LogP contribution in [0.5, 0.6) is 0 Å². The molecule has 3 heterocycles. The first-order valence-electron chi connectivity index (χ1n) is 10.6. The molecule has 0 radical (unpaired) electrons. The molecule has 2 aromatic heterocycles. The molecule has 2 aliphatic rings. The van der Waals surface area contributed by atoms with Gasteiger partial charge in [0.05, 0.1) is 11.4 Å². The average Bonchev–Trinajstić information content (AvgIpc) is 3.04. The lowest BCUT2D eigenvalue weighted by atomic mass is 9.98. The van der Waals surface area contributed by atoms with Crippen molar-refractivity contribution in [2.45, 2.75) is 39.0 Å². The molecule has 1 spiro atoms. The van der Waals surface area contributed by atoms with Gasteiger partial charge in [-0.15, -0.1) is 5.10 Å². The van der Waals surface area contributed by atoms with Gasteiger partial charge < -0.3 is 9.32 Å². The Kier molecular flexibility index (Phi) is 5.34. The van der Waals surface area contributed by atoms with E-state index in [9.17, 15) is 8.78 Å². The standard InChI is InChI=1S/C22H25F2N5OS/c1-14-21(30-13-25-14)20-15(2)29(27-26-20)31-9-3-7-28-8-6-22(12-28)11-18(22)17-5-4-16(23)10-19(17)24/h4-5,10,13,18H,3,6-9,11-12H2,1-2H3/t18-,22+/m1/s1. The van der Waals surface area contributed by atoms with Crippen LogP contribution in [0, 0.1) is 30.9 Å². The highest BCUT2D eigenvalue weighted by Crippen LogP contribution is 2.64. The van der Waals surface area contributed by atoms with Crippen molar-refractivity contribution in [3.05, 3.63) is 53.2 Å². The van der Waals surface area contributed by atoms with Gasteiger partial charge in [0.1, 0.15) is 11.6 Å². The molecule has 164 valence electrons. The third-order valence-corrected chi connectivity index (χ3v) is 7.70.